The molecule has 0 saturated carbocycles. The van der Waals surface area contributed by atoms with Crippen LogP contribution in [0.25, 0.3) is 0 Å². The largest absolute Gasteiger partial charge is 0.494 e. The Morgan fingerprint density at radius 1 is 0.862 bits per heavy atom. The molecule has 1 saturated heterocycles. The van der Waals surface area contributed by atoms with Crippen molar-refractivity contribution in [2.75, 3.05) is 39.3 Å². The van der Waals surface area contributed by atoms with Gasteiger partial charge in [-0.2, -0.15) is 0 Å². The number of piperazine rings is 1. The Morgan fingerprint density at radius 3 is 2.10 bits per heavy atom. The molecule has 0 atom stereocenters. The fourth-order valence-electron chi connectivity index (χ4n) is 3.16. The number of rotatable bonds is 6. The van der Waals surface area contributed by atoms with Crippen LogP contribution in [0.1, 0.15) is 27.6 Å². The molecule has 152 valence electrons. The second kappa shape index (κ2) is 9.73. The summed E-state index contributed by atoms with van der Waals surface area (Å²) in [6.45, 7) is 4.25. The number of benzene rings is 2. The second-order valence-corrected chi connectivity index (χ2v) is 6.68. The third kappa shape index (κ3) is 5.34. The Labute approximate surface area is 170 Å². The molecule has 3 amide bonds. The maximum atomic E-state index is 12.6. The molecular formula is C22H25N3O4. The summed E-state index contributed by atoms with van der Waals surface area (Å²) in [7, 11) is 0. The molecule has 2 aromatic rings. The second-order valence-electron chi connectivity index (χ2n) is 6.68. The van der Waals surface area contributed by atoms with Gasteiger partial charge in [-0.15, -0.1) is 0 Å². The molecule has 1 heterocycles. The molecule has 0 aromatic heterocycles. The smallest absolute Gasteiger partial charge is 0.253 e. The first kappa shape index (κ1) is 20.4. The van der Waals surface area contributed by atoms with Gasteiger partial charge < -0.3 is 19.9 Å². The van der Waals surface area contributed by atoms with E-state index in [1.807, 2.05) is 13.0 Å². The summed E-state index contributed by atoms with van der Waals surface area (Å²) in [5.41, 5.74) is 1.12. The molecule has 0 unspecified atom stereocenters. The molecule has 0 aliphatic carbocycles. The third-order valence-electron chi connectivity index (χ3n) is 4.77. The Bertz CT molecular complexity index is 844. The number of nitrogens with zero attached hydrogens (tertiary/aromatic N) is 2. The van der Waals surface area contributed by atoms with Crippen molar-refractivity contribution in [2.45, 2.75) is 6.92 Å². The SMILES string of the molecule is CCOc1ccc(C(=O)N2CCN(C(=O)CNC(=O)c3ccccc3)CC2)cc1. The predicted octanol–water partition coefficient (Wildman–Crippen LogP) is 1.80. The van der Waals surface area contributed by atoms with Crippen molar-refractivity contribution < 1.29 is 19.1 Å². The maximum Gasteiger partial charge on any atom is 0.253 e. The van der Waals surface area contributed by atoms with Crippen LogP contribution in [0.15, 0.2) is 54.6 Å². The van der Waals surface area contributed by atoms with E-state index in [-0.39, 0.29) is 24.3 Å². The lowest BCUT2D eigenvalue weighted by Crippen LogP contribution is -2.52. The zero-order valence-corrected chi connectivity index (χ0v) is 16.5. The number of amides is 3. The summed E-state index contributed by atoms with van der Waals surface area (Å²) >= 11 is 0. The molecule has 7 heteroatoms. The molecule has 1 aliphatic rings. The van der Waals surface area contributed by atoms with E-state index in [0.29, 0.717) is 43.9 Å². The minimum atomic E-state index is -0.275. The topological polar surface area (TPSA) is 79.0 Å². The molecule has 0 spiro atoms. The lowest BCUT2D eigenvalue weighted by Gasteiger charge is -2.34. The van der Waals surface area contributed by atoms with Crippen LogP contribution in [0, 0.1) is 0 Å². The van der Waals surface area contributed by atoms with Gasteiger partial charge >= 0.3 is 0 Å². The first-order valence-electron chi connectivity index (χ1n) is 9.71. The summed E-state index contributed by atoms with van der Waals surface area (Å²) in [5.74, 6) is 0.250. The van der Waals surface area contributed by atoms with Gasteiger partial charge in [-0.05, 0) is 43.3 Å². The molecular weight excluding hydrogens is 370 g/mol. The van der Waals surface area contributed by atoms with E-state index in [1.165, 1.54) is 0 Å². The van der Waals surface area contributed by atoms with E-state index >= 15 is 0 Å². The molecule has 0 radical (unpaired) electrons. The summed E-state index contributed by atoms with van der Waals surface area (Å²) < 4.78 is 5.40. The highest BCUT2D eigenvalue weighted by Crippen LogP contribution is 2.15. The lowest BCUT2D eigenvalue weighted by molar-refractivity contribution is -0.131. The molecule has 1 aliphatic heterocycles. The number of ether oxygens (including phenoxy) is 1. The van der Waals surface area contributed by atoms with Gasteiger partial charge in [0, 0.05) is 37.3 Å². The average molecular weight is 395 g/mol. The summed E-state index contributed by atoms with van der Waals surface area (Å²) in [5, 5.41) is 2.65. The molecule has 1 fully saturated rings. The highest BCUT2D eigenvalue weighted by molar-refractivity contribution is 5.96. The van der Waals surface area contributed by atoms with Crippen LogP contribution in [0.3, 0.4) is 0 Å². The number of hydrogen-bond acceptors (Lipinski definition) is 4. The zero-order chi connectivity index (χ0) is 20.6. The Balaban J connectivity index is 1.46. The standard InChI is InChI=1S/C22H25N3O4/c1-2-29-19-10-8-18(9-11-19)22(28)25-14-12-24(13-15-25)20(26)16-23-21(27)17-6-4-3-5-7-17/h3-11H,2,12-16H2,1H3,(H,23,27). The van der Waals surface area contributed by atoms with Crippen molar-refractivity contribution >= 4 is 17.7 Å². The highest BCUT2D eigenvalue weighted by Gasteiger charge is 2.25. The van der Waals surface area contributed by atoms with Crippen molar-refractivity contribution in [3.63, 3.8) is 0 Å². The van der Waals surface area contributed by atoms with Crippen LogP contribution >= 0.6 is 0 Å². The van der Waals surface area contributed by atoms with Crippen LogP contribution in [-0.4, -0.2) is 66.9 Å². The van der Waals surface area contributed by atoms with Crippen molar-refractivity contribution in [3.8, 4) is 5.75 Å². The first-order chi connectivity index (χ1) is 14.1. The van der Waals surface area contributed by atoms with Gasteiger partial charge in [0.25, 0.3) is 11.8 Å². The zero-order valence-electron chi connectivity index (χ0n) is 16.5. The highest BCUT2D eigenvalue weighted by atomic mass is 16.5. The van der Waals surface area contributed by atoms with Gasteiger partial charge in [0.15, 0.2) is 0 Å². The van der Waals surface area contributed by atoms with Crippen molar-refractivity contribution in [1.29, 1.82) is 0 Å². The van der Waals surface area contributed by atoms with Gasteiger partial charge in [0.2, 0.25) is 5.91 Å². The maximum absolute atomic E-state index is 12.6. The number of nitrogens with one attached hydrogen (secondary N) is 1. The molecule has 2 aromatic carbocycles. The predicted molar refractivity (Wildman–Crippen MR) is 109 cm³/mol. The molecule has 3 rings (SSSR count). The number of carbonyl (C=O) groups is 3. The fourth-order valence-corrected chi connectivity index (χ4v) is 3.16. The van der Waals surface area contributed by atoms with Crippen molar-refractivity contribution in [1.82, 2.24) is 15.1 Å². The van der Waals surface area contributed by atoms with E-state index < -0.39 is 0 Å². The summed E-state index contributed by atoms with van der Waals surface area (Å²) in [6.07, 6.45) is 0. The summed E-state index contributed by atoms with van der Waals surface area (Å²) in [6, 6.07) is 15.9. The van der Waals surface area contributed by atoms with E-state index in [0.717, 1.165) is 5.75 Å². The average Bonchev–Trinajstić information content (AvgIpc) is 2.78. The van der Waals surface area contributed by atoms with Crippen molar-refractivity contribution in [2.24, 2.45) is 0 Å². The van der Waals surface area contributed by atoms with Crippen LogP contribution in [0.4, 0.5) is 0 Å². The quantitative estimate of drug-likeness (QED) is 0.809. The van der Waals surface area contributed by atoms with Crippen LogP contribution in [-0.2, 0) is 4.79 Å². The van der Waals surface area contributed by atoms with Crippen molar-refractivity contribution in [3.05, 3.63) is 65.7 Å². The van der Waals surface area contributed by atoms with Crippen LogP contribution < -0.4 is 10.1 Å². The Morgan fingerprint density at radius 2 is 1.48 bits per heavy atom. The van der Waals surface area contributed by atoms with E-state index in [9.17, 15) is 14.4 Å². The summed E-state index contributed by atoms with van der Waals surface area (Å²) in [4.78, 5) is 40.5. The minimum absolute atomic E-state index is 0.0550. The van der Waals surface area contributed by atoms with E-state index in [2.05, 4.69) is 5.32 Å². The lowest BCUT2D eigenvalue weighted by atomic mass is 10.1. The van der Waals surface area contributed by atoms with Gasteiger partial charge in [0.05, 0.1) is 13.2 Å². The van der Waals surface area contributed by atoms with Gasteiger partial charge in [-0.3, -0.25) is 14.4 Å². The Kier molecular flexibility index (Phi) is 6.84. The molecule has 1 N–H and O–H groups in total. The number of carbonyl (C=O) groups excluding carboxylic acids is 3. The molecule has 7 nitrogen and oxygen atoms in total. The van der Waals surface area contributed by atoms with Gasteiger partial charge in [-0.25, -0.2) is 0 Å². The number of hydrogen-bond donors (Lipinski definition) is 1. The minimum Gasteiger partial charge on any atom is -0.494 e. The van der Waals surface area contributed by atoms with Crippen LogP contribution in [0.5, 0.6) is 5.75 Å². The fraction of sp³-hybridized carbons (Fsp3) is 0.318. The van der Waals surface area contributed by atoms with E-state index in [1.54, 1.807) is 58.3 Å². The van der Waals surface area contributed by atoms with Gasteiger partial charge in [-0.1, -0.05) is 18.2 Å². The monoisotopic (exact) mass is 395 g/mol. The van der Waals surface area contributed by atoms with E-state index in [4.69, 9.17) is 4.74 Å². The normalized spacial score (nSPS) is 13.7. The van der Waals surface area contributed by atoms with Gasteiger partial charge in [0.1, 0.15) is 5.75 Å². The van der Waals surface area contributed by atoms with Crippen LogP contribution in [0.2, 0.25) is 0 Å². The first-order valence-corrected chi connectivity index (χ1v) is 9.71. The third-order valence-corrected chi connectivity index (χ3v) is 4.77. The Hall–Kier alpha value is -3.35. The molecule has 0 bridgehead atoms. The molecule has 29 heavy (non-hydrogen) atoms.